The zero-order valence-corrected chi connectivity index (χ0v) is 7.23. The third kappa shape index (κ3) is 5.46. The first-order valence-corrected chi connectivity index (χ1v) is 3.77. The van der Waals surface area contributed by atoms with Crippen LogP contribution in [0.3, 0.4) is 0 Å². The Bertz CT molecular complexity index is 156. The molecule has 0 aromatic heterocycles. The number of allylic oxidation sites excluding steroid dienone is 2. The standard InChI is InChI=1S/C10H16O/c1-5-6-7-8-11-10(4)9(2)3/h5H,1-2,4,6-8H2,3H3. The summed E-state index contributed by atoms with van der Waals surface area (Å²) in [5, 5.41) is 0. The van der Waals surface area contributed by atoms with E-state index in [2.05, 4.69) is 19.7 Å². The molecular formula is C10H16O. The third-order valence-electron chi connectivity index (χ3n) is 1.30. The van der Waals surface area contributed by atoms with E-state index in [9.17, 15) is 0 Å². The molecule has 0 heterocycles. The van der Waals surface area contributed by atoms with Gasteiger partial charge in [-0.05, 0) is 25.3 Å². The van der Waals surface area contributed by atoms with E-state index < -0.39 is 0 Å². The van der Waals surface area contributed by atoms with Gasteiger partial charge in [-0.2, -0.15) is 0 Å². The van der Waals surface area contributed by atoms with Crippen LogP contribution in [0, 0.1) is 0 Å². The zero-order chi connectivity index (χ0) is 8.69. The molecule has 0 aromatic carbocycles. The largest absolute Gasteiger partial charge is 0.494 e. The average molecular weight is 152 g/mol. The van der Waals surface area contributed by atoms with Crippen molar-refractivity contribution in [2.75, 3.05) is 6.61 Å². The summed E-state index contributed by atoms with van der Waals surface area (Å²) in [5.41, 5.74) is 0.892. The van der Waals surface area contributed by atoms with Crippen LogP contribution < -0.4 is 0 Å². The highest BCUT2D eigenvalue weighted by molar-refractivity contribution is 5.15. The number of rotatable bonds is 6. The lowest BCUT2D eigenvalue weighted by Gasteiger charge is -2.06. The molecule has 0 aliphatic heterocycles. The Labute approximate surface area is 69.1 Å². The number of hydrogen-bond donors (Lipinski definition) is 0. The molecule has 0 radical (unpaired) electrons. The number of unbranched alkanes of at least 4 members (excludes halogenated alkanes) is 1. The molecular weight excluding hydrogens is 136 g/mol. The Morgan fingerprint density at radius 1 is 1.45 bits per heavy atom. The van der Waals surface area contributed by atoms with Crippen molar-refractivity contribution in [1.29, 1.82) is 0 Å². The second-order valence-electron chi connectivity index (χ2n) is 2.48. The molecule has 0 aliphatic rings. The molecule has 0 unspecified atom stereocenters. The van der Waals surface area contributed by atoms with Crippen LogP contribution in [0.15, 0.2) is 37.1 Å². The Hall–Kier alpha value is -0.980. The quantitative estimate of drug-likeness (QED) is 0.246. The fourth-order valence-corrected chi connectivity index (χ4v) is 0.546. The summed E-state index contributed by atoms with van der Waals surface area (Å²) >= 11 is 0. The molecule has 0 aromatic rings. The molecule has 0 bridgehead atoms. The smallest absolute Gasteiger partial charge is 0.114 e. The molecule has 11 heavy (non-hydrogen) atoms. The highest BCUT2D eigenvalue weighted by Gasteiger charge is 1.93. The Balaban J connectivity index is 3.31. The minimum Gasteiger partial charge on any atom is -0.494 e. The van der Waals surface area contributed by atoms with Crippen LogP contribution in [0.2, 0.25) is 0 Å². The van der Waals surface area contributed by atoms with Crippen LogP contribution in [0.4, 0.5) is 0 Å². The van der Waals surface area contributed by atoms with E-state index in [0.29, 0.717) is 12.4 Å². The molecule has 0 saturated heterocycles. The maximum atomic E-state index is 5.26. The Morgan fingerprint density at radius 3 is 2.55 bits per heavy atom. The van der Waals surface area contributed by atoms with Gasteiger partial charge in [0, 0.05) is 0 Å². The van der Waals surface area contributed by atoms with E-state index in [1.54, 1.807) is 0 Å². The van der Waals surface area contributed by atoms with Gasteiger partial charge in [-0.3, -0.25) is 0 Å². The van der Waals surface area contributed by atoms with Gasteiger partial charge in [0.2, 0.25) is 0 Å². The minimum atomic E-state index is 0.689. The first-order chi connectivity index (χ1) is 5.18. The SMILES string of the molecule is C=CCCCOC(=C)C(=C)C. The molecule has 0 atom stereocenters. The first kappa shape index (κ1) is 10.0. The predicted molar refractivity (Wildman–Crippen MR) is 49.3 cm³/mol. The van der Waals surface area contributed by atoms with Crippen molar-refractivity contribution in [1.82, 2.24) is 0 Å². The summed E-state index contributed by atoms with van der Waals surface area (Å²) < 4.78 is 5.26. The molecule has 0 fully saturated rings. The average Bonchev–Trinajstić information content (AvgIpc) is 1.97. The molecule has 1 heteroatoms. The Kier molecular flexibility index (Phi) is 5.26. The highest BCUT2D eigenvalue weighted by Crippen LogP contribution is 2.05. The second kappa shape index (κ2) is 5.78. The van der Waals surface area contributed by atoms with Gasteiger partial charge in [0.1, 0.15) is 5.76 Å². The van der Waals surface area contributed by atoms with Gasteiger partial charge >= 0.3 is 0 Å². The van der Waals surface area contributed by atoms with Crippen molar-refractivity contribution >= 4 is 0 Å². The van der Waals surface area contributed by atoms with Crippen LogP contribution in [-0.4, -0.2) is 6.61 Å². The third-order valence-corrected chi connectivity index (χ3v) is 1.30. The lowest BCUT2D eigenvalue weighted by Crippen LogP contribution is -1.93. The van der Waals surface area contributed by atoms with Crippen LogP contribution in [-0.2, 0) is 4.74 Å². The van der Waals surface area contributed by atoms with Crippen molar-refractivity contribution in [3.05, 3.63) is 37.1 Å². The molecule has 0 spiro atoms. The number of ether oxygens (including phenoxy) is 1. The van der Waals surface area contributed by atoms with Crippen molar-refractivity contribution in [2.24, 2.45) is 0 Å². The van der Waals surface area contributed by atoms with Crippen LogP contribution in [0.25, 0.3) is 0 Å². The molecule has 1 nitrogen and oxygen atoms in total. The molecule has 0 amide bonds. The fraction of sp³-hybridized carbons (Fsp3) is 0.400. The normalized spacial score (nSPS) is 8.82. The van der Waals surface area contributed by atoms with Crippen molar-refractivity contribution in [3.8, 4) is 0 Å². The van der Waals surface area contributed by atoms with Gasteiger partial charge in [-0.15, -0.1) is 6.58 Å². The fourth-order valence-electron chi connectivity index (χ4n) is 0.546. The van der Waals surface area contributed by atoms with Crippen molar-refractivity contribution < 1.29 is 4.74 Å². The van der Waals surface area contributed by atoms with Crippen LogP contribution in [0.1, 0.15) is 19.8 Å². The monoisotopic (exact) mass is 152 g/mol. The topological polar surface area (TPSA) is 9.23 Å². The van der Waals surface area contributed by atoms with E-state index in [1.807, 2.05) is 13.0 Å². The summed E-state index contributed by atoms with van der Waals surface area (Å²) in [6.45, 7) is 13.6. The zero-order valence-electron chi connectivity index (χ0n) is 7.23. The number of hydrogen-bond acceptors (Lipinski definition) is 1. The molecule has 0 rings (SSSR count). The lowest BCUT2D eigenvalue weighted by atomic mass is 10.3. The maximum Gasteiger partial charge on any atom is 0.114 e. The predicted octanol–water partition coefficient (Wildman–Crippen LogP) is 3.06. The summed E-state index contributed by atoms with van der Waals surface area (Å²) in [7, 11) is 0. The minimum absolute atomic E-state index is 0.689. The van der Waals surface area contributed by atoms with Gasteiger partial charge in [0.05, 0.1) is 6.61 Å². The molecule has 0 N–H and O–H groups in total. The van der Waals surface area contributed by atoms with Crippen molar-refractivity contribution in [3.63, 3.8) is 0 Å². The van der Waals surface area contributed by atoms with Gasteiger partial charge in [0.25, 0.3) is 0 Å². The van der Waals surface area contributed by atoms with E-state index in [1.165, 1.54) is 0 Å². The van der Waals surface area contributed by atoms with Gasteiger partial charge in [-0.25, -0.2) is 0 Å². The summed E-state index contributed by atoms with van der Waals surface area (Å²) in [6.07, 6.45) is 3.87. The molecule has 0 saturated carbocycles. The molecule has 62 valence electrons. The van der Waals surface area contributed by atoms with Crippen LogP contribution in [0.5, 0.6) is 0 Å². The van der Waals surface area contributed by atoms with E-state index in [4.69, 9.17) is 4.74 Å². The van der Waals surface area contributed by atoms with Crippen LogP contribution >= 0.6 is 0 Å². The van der Waals surface area contributed by atoms with Crippen molar-refractivity contribution in [2.45, 2.75) is 19.8 Å². The lowest BCUT2D eigenvalue weighted by molar-refractivity contribution is 0.218. The van der Waals surface area contributed by atoms with Gasteiger partial charge in [-0.1, -0.05) is 19.2 Å². The summed E-state index contributed by atoms with van der Waals surface area (Å²) in [6, 6.07) is 0. The summed E-state index contributed by atoms with van der Waals surface area (Å²) in [4.78, 5) is 0. The van der Waals surface area contributed by atoms with Gasteiger partial charge in [0.15, 0.2) is 0 Å². The molecule has 0 aliphatic carbocycles. The second-order valence-corrected chi connectivity index (χ2v) is 2.48. The van der Waals surface area contributed by atoms with Gasteiger partial charge < -0.3 is 4.74 Å². The first-order valence-electron chi connectivity index (χ1n) is 3.77. The van der Waals surface area contributed by atoms with E-state index >= 15 is 0 Å². The Morgan fingerprint density at radius 2 is 2.09 bits per heavy atom. The maximum absolute atomic E-state index is 5.26. The highest BCUT2D eigenvalue weighted by atomic mass is 16.5. The van der Waals surface area contributed by atoms with E-state index in [-0.39, 0.29) is 0 Å². The summed E-state index contributed by atoms with van der Waals surface area (Å²) in [5.74, 6) is 0.689. The van der Waals surface area contributed by atoms with E-state index in [0.717, 1.165) is 18.4 Å².